The fraction of sp³-hybridized carbons (Fsp3) is 0.353. The molecule has 0 aromatic heterocycles. The molecule has 0 heterocycles. The van der Waals surface area contributed by atoms with E-state index in [4.69, 9.17) is 14.2 Å². The van der Waals surface area contributed by atoms with Crippen LogP contribution in [0, 0.1) is 5.21 Å². The van der Waals surface area contributed by atoms with Gasteiger partial charge in [0.05, 0.1) is 5.69 Å². The average Bonchev–Trinajstić information content (AvgIpc) is 3.34. The van der Waals surface area contributed by atoms with Gasteiger partial charge in [0, 0.05) is 18.0 Å². The largest absolute Gasteiger partial charge is 0.733 e. The van der Waals surface area contributed by atoms with Crippen molar-refractivity contribution in [1.82, 2.24) is 10.6 Å². The molecule has 1 aliphatic rings. The van der Waals surface area contributed by atoms with Crippen LogP contribution in [0.2, 0.25) is 0 Å². The Balaban J connectivity index is 1.25. The summed E-state index contributed by atoms with van der Waals surface area (Å²) >= 11 is 0. The molecule has 0 aliphatic heterocycles. The number of ether oxygens (including phenoxy) is 3. The van der Waals surface area contributed by atoms with Crippen molar-refractivity contribution in [3.8, 4) is 11.1 Å². The van der Waals surface area contributed by atoms with Crippen molar-refractivity contribution in [2.45, 2.75) is 63.7 Å². The van der Waals surface area contributed by atoms with E-state index in [1.807, 2.05) is 48.5 Å². The molecule has 3 aromatic carbocycles. The summed E-state index contributed by atoms with van der Waals surface area (Å²) in [5, 5.41) is 35.2. The number of unbranched alkanes of at least 4 members (excludes halogenated alkanes) is 1. The summed E-state index contributed by atoms with van der Waals surface area (Å²) in [7, 11) is 0. The van der Waals surface area contributed by atoms with Gasteiger partial charge in [0.2, 0.25) is 6.10 Å². The number of carbonyl (C=O) groups is 4. The Labute approximate surface area is 272 Å². The van der Waals surface area contributed by atoms with Gasteiger partial charge < -0.3 is 40.4 Å². The summed E-state index contributed by atoms with van der Waals surface area (Å²) < 4.78 is 16.1. The number of hydrogen-bond donors (Lipinski definition) is 4. The van der Waals surface area contributed by atoms with E-state index < -0.39 is 47.1 Å². The number of nitrogens with zero attached hydrogens (tertiary/aromatic N) is 1. The second-order valence-corrected chi connectivity index (χ2v) is 11.9. The summed E-state index contributed by atoms with van der Waals surface area (Å²) in [5.74, 6) is -2.36. The molecule has 0 spiro atoms. The monoisotopic (exact) mass is 648 g/mol. The molecular formula is C34H38N3O10-. The highest BCUT2D eigenvalue weighted by atomic mass is 16.8. The molecule has 0 saturated heterocycles. The highest BCUT2D eigenvalue weighted by molar-refractivity contribution is 5.83. The molecule has 47 heavy (non-hydrogen) atoms. The Morgan fingerprint density at radius 3 is 2.09 bits per heavy atom. The maximum absolute atomic E-state index is 12.9. The third-order valence-corrected chi connectivity index (χ3v) is 7.39. The number of aliphatic carboxylic acids is 1. The summed E-state index contributed by atoms with van der Waals surface area (Å²) in [4.78, 5) is 49.9. The third-order valence-electron chi connectivity index (χ3n) is 7.39. The lowest BCUT2D eigenvalue weighted by Crippen LogP contribution is -2.41. The van der Waals surface area contributed by atoms with Crippen LogP contribution in [0.5, 0.6) is 0 Å². The predicted molar refractivity (Wildman–Crippen MR) is 171 cm³/mol. The van der Waals surface area contributed by atoms with Crippen molar-refractivity contribution in [2.24, 2.45) is 0 Å². The normalized spacial score (nSPS) is 13.4. The van der Waals surface area contributed by atoms with Gasteiger partial charge in [0.1, 0.15) is 18.2 Å². The molecule has 13 heteroatoms. The highest BCUT2D eigenvalue weighted by Gasteiger charge is 2.33. The lowest BCUT2D eigenvalue weighted by atomic mass is 9.98. The minimum absolute atomic E-state index is 0.0398. The Morgan fingerprint density at radius 1 is 0.894 bits per heavy atom. The van der Waals surface area contributed by atoms with Gasteiger partial charge in [-0.25, -0.2) is 19.2 Å². The molecule has 0 radical (unpaired) electrons. The number of nitrogens with one attached hydrogen (secondary N) is 2. The molecule has 4 rings (SSSR count). The maximum Gasteiger partial charge on any atom is 0.408 e. The quantitative estimate of drug-likeness (QED) is 0.0776. The van der Waals surface area contributed by atoms with Gasteiger partial charge in [-0.3, -0.25) is 5.21 Å². The van der Waals surface area contributed by atoms with E-state index in [2.05, 4.69) is 10.6 Å². The number of alkyl carbamates (subject to hydrolysis) is 2. The summed E-state index contributed by atoms with van der Waals surface area (Å²) in [6.07, 6.45) is -2.85. The number of carbonyl (C=O) groups excluding carboxylic acids is 3. The van der Waals surface area contributed by atoms with Gasteiger partial charge in [0.25, 0.3) is 0 Å². The van der Waals surface area contributed by atoms with Crippen LogP contribution in [0.25, 0.3) is 11.1 Å². The number of esters is 1. The van der Waals surface area contributed by atoms with Crippen LogP contribution in [0.4, 0.5) is 15.3 Å². The van der Waals surface area contributed by atoms with Crippen molar-refractivity contribution < 1.29 is 43.7 Å². The average molecular weight is 649 g/mol. The van der Waals surface area contributed by atoms with Gasteiger partial charge in [-0.2, -0.15) is 0 Å². The first-order valence-electron chi connectivity index (χ1n) is 15.1. The number of fused-ring (bicyclic) bond motifs is 3. The zero-order valence-corrected chi connectivity index (χ0v) is 26.3. The second kappa shape index (κ2) is 15.4. The van der Waals surface area contributed by atoms with Crippen LogP contribution in [0.15, 0.2) is 72.8 Å². The number of amides is 2. The number of para-hydroxylation sites is 1. The van der Waals surface area contributed by atoms with Gasteiger partial charge in [-0.05, 0) is 68.4 Å². The van der Waals surface area contributed by atoms with Gasteiger partial charge in [-0.15, -0.1) is 0 Å². The number of rotatable bonds is 13. The molecule has 4 N–H and O–H groups in total. The van der Waals surface area contributed by atoms with Gasteiger partial charge in [-0.1, -0.05) is 66.7 Å². The first-order valence-corrected chi connectivity index (χ1v) is 15.1. The number of benzene rings is 3. The molecule has 250 valence electrons. The van der Waals surface area contributed by atoms with E-state index in [1.54, 1.807) is 20.8 Å². The minimum atomic E-state index is -1.66. The molecule has 3 aromatic rings. The molecule has 2 amide bonds. The first-order chi connectivity index (χ1) is 22.4. The van der Waals surface area contributed by atoms with Crippen LogP contribution in [-0.2, 0) is 23.8 Å². The number of anilines is 1. The molecule has 1 aliphatic carbocycles. The van der Waals surface area contributed by atoms with Crippen LogP contribution in [-0.4, -0.2) is 59.2 Å². The van der Waals surface area contributed by atoms with E-state index in [0.717, 1.165) is 22.3 Å². The SMILES string of the molecule is CC(C)(C)OC(=O)C(OC(=O)NCCCC[C@H](NC(=O)OCC1c2ccccc2-c2ccccc21)C(=O)O)c1ccccc1N([O-])O. The molecule has 0 saturated carbocycles. The predicted octanol–water partition coefficient (Wildman–Crippen LogP) is 5.65. The molecule has 0 fully saturated rings. The van der Waals surface area contributed by atoms with E-state index in [0.29, 0.717) is 12.8 Å². The first kappa shape index (κ1) is 34.7. The van der Waals surface area contributed by atoms with E-state index in [9.17, 15) is 34.7 Å². The maximum atomic E-state index is 12.9. The van der Waals surface area contributed by atoms with E-state index in [-0.39, 0.29) is 36.7 Å². The smallest absolute Gasteiger partial charge is 0.408 e. The Bertz CT molecular complexity index is 1540. The van der Waals surface area contributed by atoms with Crippen molar-refractivity contribution in [2.75, 3.05) is 18.4 Å². The zero-order valence-electron chi connectivity index (χ0n) is 26.3. The number of hydrogen-bond acceptors (Lipinski definition) is 10. The summed E-state index contributed by atoms with van der Waals surface area (Å²) in [6.45, 7) is 4.94. The highest BCUT2D eigenvalue weighted by Crippen LogP contribution is 2.44. The second-order valence-electron chi connectivity index (χ2n) is 11.9. The van der Waals surface area contributed by atoms with E-state index in [1.165, 1.54) is 24.3 Å². The van der Waals surface area contributed by atoms with Crippen LogP contribution in [0.1, 0.15) is 68.7 Å². The zero-order chi connectivity index (χ0) is 34.1. The van der Waals surface area contributed by atoms with E-state index >= 15 is 0 Å². The molecular weight excluding hydrogens is 610 g/mol. The lowest BCUT2D eigenvalue weighted by molar-refractivity contribution is -0.165. The van der Waals surface area contributed by atoms with Gasteiger partial charge in [0.15, 0.2) is 0 Å². The molecule has 13 nitrogen and oxygen atoms in total. The Hall–Kier alpha value is -5.14. The standard InChI is InChI=1S/C34H38N3O10/c1-34(2,3)47-31(40)29(25-16-8-9-18-28(25)37(43)44)46-32(41)35-19-11-10-17-27(30(38)39)36-33(42)45-20-26-23-14-6-4-12-21(23)22-13-5-7-15-24(22)26/h4-9,12-16,18,26-27,29,43H,10-11,17,19-20H2,1-3H3,(H,35,41)(H,36,42)(H,38,39)/q-1/t27-,29?/m0/s1. The molecule has 1 unspecified atom stereocenters. The third kappa shape index (κ3) is 9.21. The molecule has 2 atom stereocenters. The van der Waals surface area contributed by atoms with Crippen LogP contribution < -0.4 is 15.9 Å². The van der Waals surface area contributed by atoms with Crippen LogP contribution in [0.3, 0.4) is 0 Å². The van der Waals surface area contributed by atoms with Crippen molar-refractivity contribution in [3.05, 3.63) is 94.7 Å². The summed E-state index contributed by atoms with van der Waals surface area (Å²) in [6, 6.07) is 20.0. The van der Waals surface area contributed by atoms with Crippen molar-refractivity contribution >= 4 is 29.8 Å². The Kier molecular flexibility index (Phi) is 11.4. The fourth-order valence-corrected chi connectivity index (χ4v) is 5.33. The van der Waals surface area contributed by atoms with Crippen LogP contribution >= 0.6 is 0 Å². The number of carboxylic acid groups (broad SMARTS) is 1. The van der Waals surface area contributed by atoms with Crippen molar-refractivity contribution in [1.29, 1.82) is 0 Å². The van der Waals surface area contributed by atoms with Gasteiger partial charge >= 0.3 is 24.1 Å². The minimum Gasteiger partial charge on any atom is -0.733 e. The lowest BCUT2D eigenvalue weighted by Gasteiger charge is -2.29. The molecule has 0 bridgehead atoms. The number of carboxylic acids is 1. The fourth-order valence-electron chi connectivity index (χ4n) is 5.33. The summed E-state index contributed by atoms with van der Waals surface area (Å²) in [5.41, 5.74) is 2.88. The van der Waals surface area contributed by atoms with Crippen molar-refractivity contribution in [3.63, 3.8) is 0 Å². The topological polar surface area (TPSA) is 187 Å². The Morgan fingerprint density at radius 2 is 1.49 bits per heavy atom.